The average molecular weight is 536 g/mol. The van der Waals surface area contributed by atoms with Crippen LogP contribution in [0.15, 0.2) is 48.8 Å². The number of carbonyl (C=O) groups is 1. The van der Waals surface area contributed by atoms with Crippen LogP contribution in [0.4, 0.5) is 17.5 Å². The highest BCUT2D eigenvalue weighted by molar-refractivity contribution is 7.92. The zero-order valence-corrected chi connectivity index (χ0v) is 22.7. The number of nitrogens with zero attached hydrogens (tertiary/aromatic N) is 5. The van der Waals surface area contributed by atoms with Gasteiger partial charge in [0.1, 0.15) is 5.82 Å². The Balaban J connectivity index is 1.20. The van der Waals surface area contributed by atoms with Crippen LogP contribution >= 0.6 is 0 Å². The minimum atomic E-state index is -3.47. The molecule has 0 radical (unpaired) electrons. The smallest absolute Gasteiger partial charge is 0.254 e. The van der Waals surface area contributed by atoms with Gasteiger partial charge in [0.25, 0.3) is 5.91 Å². The van der Waals surface area contributed by atoms with Gasteiger partial charge in [-0.25, -0.2) is 23.4 Å². The number of rotatable bonds is 7. The van der Waals surface area contributed by atoms with E-state index in [-0.39, 0.29) is 17.8 Å². The molecular weight excluding hydrogens is 502 g/mol. The Morgan fingerprint density at radius 1 is 1.13 bits per heavy atom. The largest absolute Gasteiger partial charge is 0.336 e. The topological polar surface area (TPSA) is 120 Å². The SMILES string of the molecule is CCc1ccc(Nc2ncc3c(n2)CN([C@@H]2CCN(C(=O)c4ccnc(NS(C)(=O)=O)c4)[C@H](C)C2)C3)cc1. The van der Waals surface area contributed by atoms with Crippen molar-refractivity contribution in [3.8, 4) is 0 Å². The summed E-state index contributed by atoms with van der Waals surface area (Å²) in [6, 6.07) is 11.8. The summed E-state index contributed by atoms with van der Waals surface area (Å²) in [7, 11) is -3.47. The molecule has 2 aliphatic heterocycles. The van der Waals surface area contributed by atoms with Crippen molar-refractivity contribution < 1.29 is 13.2 Å². The first-order chi connectivity index (χ1) is 18.2. The quantitative estimate of drug-likeness (QED) is 0.471. The molecular formula is C27H33N7O3S. The summed E-state index contributed by atoms with van der Waals surface area (Å²) >= 11 is 0. The first kappa shape index (κ1) is 26.1. The Morgan fingerprint density at radius 2 is 1.92 bits per heavy atom. The summed E-state index contributed by atoms with van der Waals surface area (Å²) in [5.41, 5.74) is 4.87. The number of pyridine rings is 1. The lowest BCUT2D eigenvalue weighted by Gasteiger charge is -2.41. The maximum absolute atomic E-state index is 13.2. The highest BCUT2D eigenvalue weighted by Crippen LogP contribution is 2.31. The third kappa shape index (κ3) is 5.94. The van der Waals surface area contributed by atoms with E-state index in [0.717, 1.165) is 55.6 Å². The molecule has 0 bridgehead atoms. The summed E-state index contributed by atoms with van der Waals surface area (Å²) in [5, 5.41) is 3.31. The second kappa shape index (κ2) is 10.7. The number of piperidine rings is 1. The Kier molecular flexibility index (Phi) is 7.31. The zero-order chi connectivity index (χ0) is 26.9. The van der Waals surface area contributed by atoms with E-state index < -0.39 is 10.0 Å². The van der Waals surface area contributed by atoms with Crippen LogP contribution in [0.5, 0.6) is 0 Å². The molecule has 2 aromatic heterocycles. The fourth-order valence-electron chi connectivity index (χ4n) is 5.21. The molecule has 2 N–H and O–H groups in total. The summed E-state index contributed by atoms with van der Waals surface area (Å²) < 4.78 is 25.4. The van der Waals surface area contributed by atoms with E-state index in [9.17, 15) is 13.2 Å². The molecule has 5 rings (SSSR count). The highest BCUT2D eigenvalue weighted by atomic mass is 32.2. The maximum atomic E-state index is 13.2. The van der Waals surface area contributed by atoms with Gasteiger partial charge >= 0.3 is 0 Å². The zero-order valence-electron chi connectivity index (χ0n) is 21.9. The van der Waals surface area contributed by atoms with Gasteiger partial charge in [0.2, 0.25) is 16.0 Å². The van der Waals surface area contributed by atoms with Crippen molar-refractivity contribution in [2.45, 2.75) is 58.3 Å². The molecule has 1 saturated heterocycles. The van der Waals surface area contributed by atoms with Crippen LogP contribution < -0.4 is 10.0 Å². The van der Waals surface area contributed by atoms with E-state index in [1.54, 1.807) is 6.07 Å². The number of hydrogen-bond acceptors (Lipinski definition) is 8. The van der Waals surface area contributed by atoms with Crippen molar-refractivity contribution in [1.29, 1.82) is 0 Å². The first-order valence-corrected chi connectivity index (χ1v) is 14.8. The number of nitrogens with one attached hydrogen (secondary N) is 2. The number of amides is 1. The molecule has 2 atom stereocenters. The molecule has 1 aromatic carbocycles. The molecule has 0 saturated carbocycles. The minimum absolute atomic E-state index is 0.0406. The minimum Gasteiger partial charge on any atom is -0.336 e. The lowest BCUT2D eigenvalue weighted by molar-refractivity contribution is 0.0460. The third-order valence-electron chi connectivity index (χ3n) is 7.22. The Hall–Kier alpha value is -3.57. The van der Waals surface area contributed by atoms with Crippen LogP contribution in [-0.4, -0.2) is 64.0 Å². The second-order valence-electron chi connectivity index (χ2n) is 10.1. The fraction of sp³-hybridized carbons (Fsp3) is 0.407. The maximum Gasteiger partial charge on any atom is 0.254 e. The van der Waals surface area contributed by atoms with E-state index in [2.05, 4.69) is 50.9 Å². The Labute approximate surface area is 223 Å². The van der Waals surface area contributed by atoms with E-state index in [1.165, 1.54) is 17.8 Å². The van der Waals surface area contributed by atoms with Crippen molar-refractivity contribution in [3.63, 3.8) is 0 Å². The van der Waals surface area contributed by atoms with Gasteiger partial charge in [0, 0.05) is 60.9 Å². The highest BCUT2D eigenvalue weighted by Gasteiger charge is 2.35. The van der Waals surface area contributed by atoms with Crippen molar-refractivity contribution in [3.05, 3.63) is 71.2 Å². The van der Waals surface area contributed by atoms with Gasteiger partial charge in [-0.2, -0.15) is 0 Å². The van der Waals surface area contributed by atoms with Crippen LogP contribution in [0.2, 0.25) is 0 Å². The molecule has 1 amide bonds. The molecule has 2 aliphatic rings. The van der Waals surface area contributed by atoms with Gasteiger partial charge in [-0.15, -0.1) is 0 Å². The normalized spacial score (nSPS) is 19.7. The predicted molar refractivity (Wildman–Crippen MR) is 147 cm³/mol. The summed E-state index contributed by atoms with van der Waals surface area (Å²) in [4.78, 5) is 30.9. The van der Waals surface area contributed by atoms with Crippen molar-refractivity contribution >= 4 is 33.4 Å². The molecule has 0 spiro atoms. The van der Waals surface area contributed by atoms with E-state index in [0.29, 0.717) is 24.1 Å². The van der Waals surface area contributed by atoms with E-state index >= 15 is 0 Å². The van der Waals surface area contributed by atoms with Crippen molar-refractivity contribution in [2.75, 3.05) is 22.8 Å². The van der Waals surface area contributed by atoms with Crippen LogP contribution in [0.3, 0.4) is 0 Å². The van der Waals surface area contributed by atoms with Crippen LogP contribution in [0, 0.1) is 0 Å². The number of aryl methyl sites for hydroxylation is 1. The number of hydrogen-bond donors (Lipinski definition) is 2. The van der Waals surface area contributed by atoms with Gasteiger partial charge in [-0.3, -0.25) is 14.4 Å². The summed E-state index contributed by atoms with van der Waals surface area (Å²) in [6.45, 7) is 6.39. The number of sulfonamides is 1. The summed E-state index contributed by atoms with van der Waals surface area (Å²) in [6.07, 6.45) is 7.13. The van der Waals surface area contributed by atoms with Gasteiger partial charge in [0.05, 0.1) is 11.9 Å². The van der Waals surface area contributed by atoms with Crippen molar-refractivity contribution in [1.82, 2.24) is 24.8 Å². The van der Waals surface area contributed by atoms with Crippen LogP contribution in [0.25, 0.3) is 0 Å². The van der Waals surface area contributed by atoms with Gasteiger partial charge in [0.15, 0.2) is 0 Å². The molecule has 11 heteroatoms. The number of fused-ring (bicyclic) bond motifs is 1. The Bertz CT molecular complexity index is 1430. The molecule has 0 aliphatic carbocycles. The molecule has 4 heterocycles. The fourth-order valence-corrected chi connectivity index (χ4v) is 5.70. The number of likely N-dealkylation sites (tertiary alicyclic amines) is 1. The third-order valence-corrected chi connectivity index (χ3v) is 7.80. The average Bonchev–Trinajstić information content (AvgIpc) is 3.31. The first-order valence-electron chi connectivity index (χ1n) is 12.9. The number of carbonyl (C=O) groups excluding carboxylic acids is 1. The predicted octanol–water partition coefficient (Wildman–Crippen LogP) is 3.56. The van der Waals surface area contributed by atoms with Gasteiger partial charge < -0.3 is 10.2 Å². The summed E-state index contributed by atoms with van der Waals surface area (Å²) in [5.74, 6) is 0.627. The lowest BCUT2D eigenvalue weighted by atomic mass is 9.96. The van der Waals surface area contributed by atoms with Crippen LogP contribution in [0.1, 0.15) is 53.9 Å². The monoisotopic (exact) mass is 535 g/mol. The molecule has 3 aromatic rings. The number of benzene rings is 1. The molecule has 1 fully saturated rings. The molecule has 0 unspecified atom stereocenters. The van der Waals surface area contributed by atoms with E-state index in [4.69, 9.17) is 4.98 Å². The number of anilines is 3. The molecule has 10 nitrogen and oxygen atoms in total. The lowest BCUT2D eigenvalue weighted by Crippen LogP contribution is -2.50. The molecule has 200 valence electrons. The molecule has 38 heavy (non-hydrogen) atoms. The number of aromatic nitrogens is 3. The van der Waals surface area contributed by atoms with Crippen LogP contribution in [-0.2, 0) is 29.5 Å². The van der Waals surface area contributed by atoms with Gasteiger partial charge in [-0.1, -0.05) is 19.1 Å². The standard InChI is InChI=1S/C27H33N7O3S/c1-4-19-5-7-22(8-6-19)30-27-29-15-21-16-33(17-24(21)31-27)23-10-12-34(18(2)13-23)26(35)20-9-11-28-25(14-20)32-38(3,36)37/h5-9,11,14-15,18,23H,4,10,12-13,16-17H2,1-3H3,(H,28,32)(H,29,30,31)/t18-,23-/m1/s1. The second-order valence-corrected chi connectivity index (χ2v) is 11.8. The van der Waals surface area contributed by atoms with Gasteiger partial charge in [-0.05, 0) is 56.0 Å². The van der Waals surface area contributed by atoms with Crippen molar-refractivity contribution in [2.24, 2.45) is 0 Å². The van der Waals surface area contributed by atoms with E-state index in [1.807, 2.05) is 23.2 Å². The Morgan fingerprint density at radius 3 is 2.63 bits per heavy atom.